The second kappa shape index (κ2) is 5.54. The second-order valence-corrected chi connectivity index (χ2v) is 6.46. The van der Waals surface area contributed by atoms with Gasteiger partial charge in [-0.2, -0.15) is 0 Å². The number of imidazole rings is 1. The molecule has 0 aliphatic rings. The van der Waals surface area contributed by atoms with Crippen LogP contribution in [-0.4, -0.2) is 20.0 Å². The summed E-state index contributed by atoms with van der Waals surface area (Å²) in [6, 6.07) is 20.2. The third-order valence-electron chi connectivity index (χ3n) is 4.75. The molecule has 6 heteroatoms. The lowest BCUT2D eigenvalue weighted by Crippen LogP contribution is -1.86. The van der Waals surface area contributed by atoms with E-state index >= 15 is 0 Å². The highest BCUT2D eigenvalue weighted by atomic mass is 16.6. The Morgan fingerprint density at radius 3 is 2.30 bits per heavy atom. The van der Waals surface area contributed by atoms with Crippen LogP contribution in [0.15, 0.2) is 66.7 Å². The fourth-order valence-electron chi connectivity index (χ4n) is 3.41. The molecule has 5 aromatic rings. The molecule has 0 unspecified atom stereocenters. The first-order valence-corrected chi connectivity index (χ1v) is 8.38. The second-order valence-electron chi connectivity index (χ2n) is 6.46. The molecule has 0 spiro atoms. The van der Waals surface area contributed by atoms with Crippen molar-refractivity contribution in [1.82, 2.24) is 9.97 Å². The van der Waals surface area contributed by atoms with Gasteiger partial charge < -0.3 is 10.1 Å². The van der Waals surface area contributed by atoms with Crippen LogP contribution < -0.4 is 0 Å². The first-order valence-electron chi connectivity index (χ1n) is 8.38. The third kappa shape index (κ3) is 2.46. The highest BCUT2D eigenvalue weighted by Crippen LogP contribution is 2.35. The summed E-state index contributed by atoms with van der Waals surface area (Å²) in [5.74, 6) is 0.574. The largest absolute Gasteiger partial charge is 0.507 e. The van der Waals surface area contributed by atoms with Crippen LogP contribution in [-0.2, 0) is 0 Å². The zero-order chi connectivity index (χ0) is 18.5. The van der Waals surface area contributed by atoms with Crippen LogP contribution in [0.4, 0.5) is 5.69 Å². The molecule has 130 valence electrons. The first kappa shape index (κ1) is 15.3. The van der Waals surface area contributed by atoms with Crippen LogP contribution in [0.3, 0.4) is 0 Å². The van der Waals surface area contributed by atoms with Gasteiger partial charge in [0.1, 0.15) is 11.6 Å². The number of hydrogen-bond donors (Lipinski definition) is 2. The number of hydrogen-bond acceptors (Lipinski definition) is 4. The van der Waals surface area contributed by atoms with Gasteiger partial charge in [0.25, 0.3) is 5.69 Å². The summed E-state index contributed by atoms with van der Waals surface area (Å²) >= 11 is 0. The summed E-state index contributed by atoms with van der Waals surface area (Å²) in [5, 5.41) is 25.6. The SMILES string of the molecule is O=[N+]([O-])c1ccc2nc(-c3cc4cc5ccccc5cc4cc3O)[nH]c2c1. The van der Waals surface area contributed by atoms with Gasteiger partial charge in [-0.15, -0.1) is 0 Å². The minimum Gasteiger partial charge on any atom is -0.507 e. The van der Waals surface area contributed by atoms with E-state index in [1.165, 1.54) is 12.1 Å². The molecule has 4 aromatic carbocycles. The number of nitro benzene ring substituents is 1. The molecule has 5 rings (SSSR count). The minimum atomic E-state index is -0.446. The third-order valence-corrected chi connectivity index (χ3v) is 4.75. The van der Waals surface area contributed by atoms with Gasteiger partial charge in [0, 0.05) is 12.1 Å². The standard InChI is InChI=1S/C21H13N3O3/c25-20-10-15-8-13-4-2-1-3-12(13)7-14(15)9-17(20)21-22-18-6-5-16(24(26)27)11-19(18)23-21/h1-11,25H,(H,22,23). The molecule has 0 radical (unpaired) electrons. The van der Waals surface area contributed by atoms with Crippen molar-refractivity contribution in [2.24, 2.45) is 0 Å². The van der Waals surface area contributed by atoms with Crippen molar-refractivity contribution in [3.05, 3.63) is 76.8 Å². The number of rotatable bonds is 2. The van der Waals surface area contributed by atoms with E-state index in [0.29, 0.717) is 22.4 Å². The first-order chi connectivity index (χ1) is 13.1. The Hall–Kier alpha value is -3.93. The van der Waals surface area contributed by atoms with Crippen LogP contribution in [0.5, 0.6) is 5.75 Å². The topological polar surface area (TPSA) is 92.1 Å². The molecule has 0 aliphatic heterocycles. The number of aromatic nitrogens is 2. The van der Waals surface area contributed by atoms with Gasteiger partial charge in [-0.05, 0) is 51.9 Å². The molecular formula is C21H13N3O3. The highest BCUT2D eigenvalue weighted by molar-refractivity contribution is 6.00. The van der Waals surface area contributed by atoms with E-state index in [2.05, 4.69) is 16.0 Å². The van der Waals surface area contributed by atoms with Gasteiger partial charge in [0.15, 0.2) is 0 Å². The summed E-state index contributed by atoms with van der Waals surface area (Å²) in [6.07, 6.45) is 0. The molecule has 0 atom stereocenters. The van der Waals surface area contributed by atoms with Crippen molar-refractivity contribution in [2.45, 2.75) is 0 Å². The predicted octanol–water partition coefficient (Wildman–Crippen LogP) is 5.15. The average molecular weight is 355 g/mol. The maximum atomic E-state index is 11.0. The fraction of sp³-hybridized carbons (Fsp3) is 0. The van der Waals surface area contributed by atoms with Gasteiger partial charge in [0.2, 0.25) is 0 Å². The molecule has 0 saturated carbocycles. The molecular weight excluding hydrogens is 342 g/mol. The van der Waals surface area contributed by atoms with Gasteiger partial charge in [0.05, 0.1) is 21.5 Å². The van der Waals surface area contributed by atoms with Crippen LogP contribution in [0.25, 0.3) is 44.0 Å². The molecule has 6 nitrogen and oxygen atoms in total. The van der Waals surface area contributed by atoms with Gasteiger partial charge in [-0.1, -0.05) is 24.3 Å². The maximum Gasteiger partial charge on any atom is 0.271 e. The van der Waals surface area contributed by atoms with E-state index in [1.807, 2.05) is 36.4 Å². The number of nitrogens with zero attached hydrogens (tertiary/aromatic N) is 2. The van der Waals surface area contributed by atoms with Crippen LogP contribution >= 0.6 is 0 Å². The lowest BCUT2D eigenvalue weighted by molar-refractivity contribution is -0.384. The van der Waals surface area contributed by atoms with Crippen LogP contribution in [0, 0.1) is 10.1 Å². The minimum absolute atomic E-state index is 0.00750. The number of H-pyrrole nitrogens is 1. The van der Waals surface area contributed by atoms with Crippen molar-refractivity contribution in [1.29, 1.82) is 0 Å². The Labute approximate surface area is 152 Å². The normalized spacial score (nSPS) is 11.4. The number of non-ortho nitro benzene ring substituents is 1. The molecule has 0 fully saturated rings. The van der Waals surface area contributed by atoms with Crippen molar-refractivity contribution >= 4 is 38.3 Å². The van der Waals surface area contributed by atoms with Crippen molar-refractivity contribution in [3.63, 3.8) is 0 Å². The Morgan fingerprint density at radius 1 is 0.889 bits per heavy atom. The average Bonchev–Trinajstić information content (AvgIpc) is 3.08. The predicted molar refractivity (Wildman–Crippen MR) is 105 cm³/mol. The zero-order valence-electron chi connectivity index (χ0n) is 14.0. The van der Waals surface area contributed by atoms with Gasteiger partial charge in [-0.3, -0.25) is 10.1 Å². The monoisotopic (exact) mass is 355 g/mol. The molecule has 1 aromatic heterocycles. The Bertz CT molecular complexity index is 1370. The molecule has 0 amide bonds. The summed E-state index contributed by atoms with van der Waals surface area (Å²) < 4.78 is 0. The fourth-order valence-corrected chi connectivity index (χ4v) is 3.41. The summed E-state index contributed by atoms with van der Waals surface area (Å²) in [6.45, 7) is 0. The summed E-state index contributed by atoms with van der Waals surface area (Å²) in [5.41, 5.74) is 1.70. The van der Waals surface area contributed by atoms with Crippen molar-refractivity contribution in [2.75, 3.05) is 0 Å². The number of nitro groups is 1. The zero-order valence-corrected chi connectivity index (χ0v) is 14.0. The maximum absolute atomic E-state index is 11.0. The number of fused-ring (bicyclic) bond motifs is 3. The lowest BCUT2D eigenvalue weighted by Gasteiger charge is -2.07. The molecule has 0 bridgehead atoms. The summed E-state index contributed by atoms with van der Waals surface area (Å²) in [7, 11) is 0. The van der Waals surface area contributed by atoms with E-state index in [4.69, 9.17) is 0 Å². The van der Waals surface area contributed by atoms with Gasteiger partial charge >= 0.3 is 0 Å². The molecule has 0 saturated heterocycles. The number of benzene rings is 4. The Morgan fingerprint density at radius 2 is 1.59 bits per heavy atom. The number of aromatic hydroxyl groups is 1. The van der Waals surface area contributed by atoms with Crippen LogP contribution in [0.1, 0.15) is 0 Å². The quantitative estimate of drug-likeness (QED) is 0.260. The van der Waals surface area contributed by atoms with Crippen molar-refractivity contribution < 1.29 is 10.0 Å². The smallest absolute Gasteiger partial charge is 0.271 e. The van der Waals surface area contributed by atoms with E-state index in [-0.39, 0.29) is 11.4 Å². The number of nitrogens with one attached hydrogen (secondary N) is 1. The Balaban J connectivity index is 1.71. The van der Waals surface area contributed by atoms with Crippen molar-refractivity contribution in [3.8, 4) is 17.1 Å². The molecule has 27 heavy (non-hydrogen) atoms. The summed E-state index contributed by atoms with van der Waals surface area (Å²) in [4.78, 5) is 18.1. The van der Waals surface area contributed by atoms with Gasteiger partial charge in [-0.25, -0.2) is 4.98 Å². The van der Waals surface area contributed by atoms with E-state index < -0.39 is 4.92 Å². The molecule has 2 N–H and O–H groups in total. The molecule has 1 heterocycles. The van der Waals surface area contributed by atoms with Crippen LogP contribution in [0.2, 0.25) is 0 Å². The van der Waals surface area contributed by atoms with E-state index in [1.54, 1.807) is 12.1 Å². The highest BCUT2D eigenvalue weighted by Gasteiger charge is 2.14. The Kier molecular flexibility index (Phi) is 3.14. The number of phenols is 1. The van der Waals surface area contributed by atoms with E-state index in [0.717, 1.165) is 21.5 Å². The number of phenolic OH excluding ortho intramolecular Hbond substituents is 1. The number of aromatic amines is 1. The lowest BCUT2D eigenvalue weighted by atomic mass is 10.0. The molecule has 0 aliphatic carbocycles. The van der Waals surface area contributed by atoms with E-state index in [9.17, 15) is 15.2 Å².